The van der Waals surface area contributed by atoms with Gasteiger partial charge in [-0.15, -0.1) is 0 Å². The summed E-state index contributed by atoms with van der Waals surface area (Å²) >= 11 is 12.8. The Hall–Kier alpha value is -3.00. The van der Waals surface area contributed by atoms with E-state index in [2.05, 4.69) is 23.1 Å². The number of nitrogens with two attached hydrogens (primary N) is 1. The molecule has 0 saturated carbocycles. The van der Waals surface area contributed by atoms with Gasteiger partial charge in [0.15, 0.2) is 5.82 Å². The number of hydrogen-bond acceptors (Lipinski definition) is 9. The first-order valence-electron chi connectivity index (χ1n) is 21.8. The summed E-state index contributed by atoms with van der Waals surface area (Å²) in [5.74, 6) is 0.900. The van der Waals surface area contributed by atoms with Crippen LogP contribution >= 0.6 is 31.8 Å². The minimum absolute atomic E-state index is 0.192. The Morgan fingerprint density at radius 1 is 0.915 bits per heavy atom. The van der Waals surface area contributed by atoms with Crippen molar-refractivity contribution in [2.45, 2.75) is 160 Å². The Labute approximate surface area is 363 Å². The molecule has 0 radical (unpaired) electrons. The lowest BCUT2D eigenvalue weighted by Crippen LogP contribution is -2.30. The number of para-hydroxylation sites is 1. The average Bonchev–Trinajstić information content (AvgIpc) is 3.85. The lowest BCUT2D eigenvalue weighted by atomic mass is 10.0. The van der Waals surface area contributed by atoms with Crippen molar-refractivity contribution in [2.75, 3.05) is 18.9 Å². The van der Waals surface area contributed by atoms with E-state index in [9.17, 15) is 5.26 Å². The van der Waals surface area contributed by atoms with Crippen LogP contribution in [-0.2, 0) is 25.1 Å². The number of aromatic nitrogens is 3. The van der Waals surface area contributed by atoms with Gasteiger partial charge in [-0.25, -0.2) is 9.50 Å². The van der Waals surface area contributed by atoms with Gasteiger partial charge in [0.05, 0.1) is 53.9 Å². The fourth-order valence-corrected chi connectivity index (χ4v) is 9.25. The number of nitrogen functional groups attached to an aromatic ring is 1. The number of nitriles is 1. The van der Waals surface area contributed by atoms with E-state index in [1.54, 1.807) is 22.7 Å². The molecule has 1 aliphatic heterocycles. The van der Waals surface area contributed by atoms with Crippen molar-refractivity contribution in [1.29, 1.82) is 5.26 Å². The Bertz CT molecular complexity index is 1880. The second-order valence-corrected chi connectivity index (χ2v) is 18.1. The van der Waals surface area contributed by atoms with E-state index in [4.69, 9.17) is 52.0 Å². The van der Waals surface area contributed by atoms with Gasteiger partial charge in [-0.05, 0) is 74.2 Å². The number of hydrogen-bond donors (Lipinski definition) is 1. The fourth-order valence-electron chi connectivity index (χ4n) is 7.60. The third-order valence-electron chi connectivity index (χ3n) is 11.0. The molecule has 4 atom stereocenters. The van der Waals surface area contributed by atoms with Crippen LogP contribution in [0.25, 0.3) is 5.52 Å². The summed E-state index contributed by atoms with van der Waals surface area (Å²) in [5, 5.41) is 14.9. The summed E-state index contributed by atoms with van der Waals surface area (Å²) in [6, 6.07) is 18.7. The zero-order valence-electron chi connectivity index (χ0n) is 35.1. The Kier molecular flexibility index (Phi) is 20.5. The van der Waals surface area contributed by atoms with Crippen molar-refractivity contribution in [1.82, 2.24) is 14.6 Å². The van der Waals surface area contributed by atoms with Crippen molar-refractivity contribution >= 4 is 43.1 Å². The van der Waals surface area contributed by atoms with Gasteiger partial charge >= 0.3 is 8.60 Å². The molecule has 4 aromatic rings. The van der Waals surface area contributed by atoms with Crippen molar-refractivity contribution in [2.24, 2.45) is 0 Å². The summed E-state index contributed by atoms with van der Waals surface area (Å²) in [6.07, 6.45) is 24.4. The maximum absolute atomic E-state index is 9.50. The third-order valence-corrected chi connectivity index (χ3v) is 12.6. The molecule has 10 nitrogen and oxygen atoms in total. The minimum atomic E-state index is -1.89. The Morgan fingerprint density at radius 3 is 2.27 bits per heavy atom. The van der Waals surface area contributed by atoms with Crippen LogP contribution in [0.3, 0.4) is 0 Å². The highest BCUT2D eigenvalue weighted by atomic mass is 35.5. The van der Waals surface area contributed by atoms with E-state index in [0.29, 0.717) is 33.8 Å². The molecule has 3 unspecified atom stereocenters. The Morgan fingerprint density at radius 2 is 1.59 bits per heavy atom. The van der Waals surface area contributed by atoms with Crippen LogP contribution in [0.5, 0.6) is 5.75 Å². The first-order valence-corrected chi connectivity index (χ1v) is 23.7. The van der Waals surface area contributed by atoms with Crippen LogP contribution in [0.15, 0.2) is 60.9 Å². The number of ether oxygens (including phenoxy) is 2. The second-order valence-electron chi connectivity index (χ2n) is 16.1. The molecule has 1 saturated heterocycles. The second kappa shape index (κ2) is 25.7. The highest BCUT2D eigenvalue weighted by Gasteiger charge is 2.40. The highest BCUT2D eigenvalue weighted by molar-refractivity contribution is 7.42. The lowest BCUT2D eigenvalue weighted by molar-refractivity contribution is -0.0617. The van der Waals surface area contributed by atoms with Crippen LogP contribution < -0.4 is 10.3 Å². The molecule has 0 amide bonds. The first kappa shape index (κ1) is 47.1. The summed E-state index contributed by atoms with van der Waals surface area (Å²) in [5.41, 5.74) is 8.48. The molecule has 2 N–H and O–H groups in total. The maximum atomic E-state index is 9.50. The van der Waals surface area contributed by atoms with E-state index in [-0.39, 0.29) is 25.4 Å². The zero-order chi connectivity index (χ0) is 41.7. The topological polar surface area (TPSA) is 126 Å². The standard InChI is InChI=1S/C46H64Cl2N5O5P/c1-3-4-5-6-7-8-9-10-11-12-13-14-15-16-17-18-21-39(54-32-37-28-36(31-49)29-38(47)30-37)33-55-59(58-43-23-20-19-22-40(43)48)56-34-46(2)27-26-44(57-46)41-24-25-42-45(50)51-35-52-53(41)42/h19-20,22-25,28-30,35,39,44H,3-18,21,26-27,32-34H2,1-2H3,(H2,50,51,52)/t39?,44?,46-,59?/m0/s1. The molecule has 1 fully saturated rings. The summed E-state index contributed by atoms with van der Waals surface area (Å²) in [4.78, 5) is 4.11. The zero-order valence-corrected chi connectivity index (χ0v) is 37.5. The van der Waals surface area contributed by atoms with E-state index in [1.165, 1.54) is 96.2 Å². The number of unbranched alkanes of at least 4 members (excludes halogenated alkanes) is 15. The molecule has 2 aromatic heterocycles. The molecule has 0 bridgehead atoms. The number of nitrogens with zero attached hydrogens (tertiary/aromatic N) is 4. The molecule has 322 valence electrons. The van der Waals surface area contributed by atoms with E-state index >= 15 is 0 Å². The highest BCUT2D eigenvalue weighted by Crippen LogP contribution is 2.47. The van der Waals surface area contributed by atoms with Crippen molar-refractivity contribution in [3.8, 4) is 11.8 Å². The Balaban J connectivity index is 1.12. The fraction of sp³-hybridized carbons (Fsp3) is 0.587. The van der Waals surface area contributed by atoms with Crippen molar-refractivity contribution < 1.29 is 23.0 Å². The van der Waals surface area contributed by atoms with Gasteiger partial charge in [-0.2, -0.15) is 10.4 Å². The smallest absolute Gasteiger partial charge is 0.397 e. The quantitative estimate of drug-likeness (QED) is 0.0419. The van der Waals surface area contributed by atoms with Crippen LogP contribution in [0.2, 0.25) is 10.0 Å². The SMILES string of the molecule is CCCCCCCCCCCCCCCCCCC(COP(OC[C@]1(C)CCC(c2ccc3c(N)ncnn23)O1)Oc1ccccc1Cl)OCc1cc(Cl)cc(C#N)c1. The molecule has 3 heterocycles. The van der Waals surface area contributed by atoms with Crippen molar-refractivity contribution in [3.63, 3.8) is 0 Å². The van der Waals surface area contributed by atoms with E-state index in [0.717, 1.165) is 48.9 Å². The molecule has 0 aliphatic carbocycles. The van der Waals surface area contributed by atoms with E-state index < -0.39 is 14.2 Å². The van der Waals surface area contributed by atoms with Gasteiger partial charge < -0.3 is 19.7 Å². The van der Waals surface area contributed by atoms with Gasteiger partial charge in [0, 0.05) is 5.02 Å². The number of anilines is 1. The number of halogens is 2. The normalized spacial score (nSPS) is 17.6. The van der Waals surface area contributed by atoms with Crippen LogP contribution in [-0.4, -0.2) is 39.5 Å². The predicted octanol–water partition coefficient (Wildman–Crippen LogP) is 13.7. The van der Waals surface area contributed by atoms with Crippen LogP contribution in [0, 0.1) is 11.3 Å². The van der Waals surface area contributed by atoms with Gasteiger partial charge in [0.25, 0.3) is 0 Å². The minimum Gasteiger partial charge on any atom is -0.425 e. The molecule has 2 aromatic carbocycles. The predicted molar refractivity (Wildman–Crippen MR) is 239 cm³/mol. The van der Waals surface area contributed by atoms with Gasteiger partial charge in [-0.1, -0.05) is 145 Å². The van der Waals surface area contributed by atoms with Crippen LogP contribution in [0.4, 0.5) is 5.82 Å². The van der Waals surface area contributed by atoms with Gasteiger partial charge in [0.2, 0.25) is 0 Å². The number of fused-ring (bicyclic) bond motifs is 1. The van der Waals surface area contributed by atoms with Crippen molar-refractivity contribution in [3.05, 3.63) is 87.8 Å². The van der Waals surface area contributed by atoms with E-state index in [1.807, 2.05) is 43.3 Å². The monoisotopic (exact) mass is 867 g/mol. The van der Waals surface area contributed by atoms with Crippen LogP contribution in [0.1, 0.15) is 159 Å². The molecular formula is C46H64Cl2N5O5P. The molecule has 5 rings (SSSR count). The number of benzene rings is 2. The summed E-state index contributed by atoms with van der Waals surface area (Å²) in [7, 11) is -1.89. The van der Waals surface area contributed by atoms with Gasteiger partial charge in [-0.3, -0.25) is 9.05 Å². The molecule has 59 heavy (non-hydrogen) atoms. The third kappa shape index (κ3) is 16.1. The average molecular weight is 869 g/mol. The molecule has 13 heteroatoms. The molecule has 0 spiro atoms. The summed E-state index contributed by atoms with van der Waals surface area (Å²) < 4.78 is 34.0. The first-order chi connectivity index (χ1) is 28.8. The summed E-state index contributed by atoms with van der Waals surface area (Å²) in [6.45, 7) is 5.10. The largest absolute Gasteiger partial charge is 0.425 e. The lowest BCUT2D eigenvalue weighted by Gasteiger charge is -2.27. The van der Waals surface area contributed by atoms with Gasteiger partial charge in [0.1, 0.15) is 23.7 Å². The molecule has 1 aliphatic rings. The molecular weight excluding hydrogens is 804 g/mol. The maximum Gasteiger partial charge on any atom is 0.397 e. The number of rotatable bonds is 29.